The van der Waals surface area contributed by atoms with E-state index in [0.29, 0.717) is 0 Å². The molecule has 4 nitrogen and oxygen atoms in total. The third-order valence-electron chi connectivity index (χ3n) is 3.93. The highest BCUT2D eigenvalue weighted by Crippen LogP contribution is 2.27. The molecule has 19 heavy (non-hydrogen) atoms. The third kappa shape index (κ3) is 5.03. The number of nitrogens with zero attached hydrogens (tertiary/aromatic N) is 2. The van der Waals surface area contributed by atoms with Crippen molar-refractivity contribution in [2.45, 2.75) is 45.3 Å². The van der Waals surface area contributed by atoms with Gasteiger partial charge in [0.15, 0.2) is 0 Å². The molecule has 112 valence electrons. The van der Waals surface area contributed by atoms with Crippen LogP contribution in [0.2, 0.25) is 0 Å². The molecule has 0 aromatic heterocycles. The van der Waals surface area contributed by atoms with Crippen LogP contribution < -0.4 is 5.32 Å². The fraction of sp³-hybridized carbons (Fsp3) is 1.00. The number of hydrogen-bond acceptors (Lipinski definition) is 4. The average Bonchev–Trinajstić information content (AvgIpc) is 2.50. The maximum absolute atomic E-state index is 6.14. The van der Waals surface area contributed by atoms with Crippen LogP contribution in [-0.4, -0.2) is 73.4 Å². The van der Waals surface area contributed by atoms with Crippen LogP contribution in [0.1, 0.15) is 34.1 Å². The van der Waals surface area contributed by atoms with Gasteiger partial charge < -0.3 is 15.0 Å². The quantitative estimate of drug-likeness (QED) is 0.832. The van der Waals surface area contributed by atoms with E-state index in [1.54, 1.807) is 0 Å². The highest BCUT2D eigenvalue weighted by molar-refractivity contribution is 4.89. The Morgan fingerprint density at radius 2 is 1.53 bits per heavy atom. The fourth-order valence-corrected chi connectivity index (χ4v) is 3.51. The SMILES string of the molecule is CC1(C)CN(CCN2CCCNCC2)CC(C)(C)O1. The summed E-state index contributed by atoms with van der Waals surface area (Å²) in [5.74, 6) is 0. The predicted molar refractivity (Wildman–Crippen MR) is 79.6 cm³/mol. The van der Waals surface area contributed by atoms with Gasteiger partial charge in [0.25, 0.3) is 0 Å². The fourth-order valence-electron chi connectivity index (χ4n) is 3.51. The van der Waals surface area contributed by atoms with Gasteiger partial charge in [0.2, 0.25) is 0 Å². The molecule has 0 spiro atoms. The molecule has 0 amide bonds. The largest absolute Gasteiger partial charge is 0.367 e. The molecule has 0 bridgehead atoms. The van der Waals surface area contributed by atoms with Gasteiger partial charge in [-0.05, 0) is 47.2 Å². The van der Waals surface area contributed by atoms with Crippen molar-refractivity contribution in [1.82, 2.24) is 15.1 Å². The standard InChI is InChI=1S/C15H31N3O/c1-14(2)12-18(13-15(3,4)19-14)11-10-17-8-5-6-16-7-9-17/h16H,5-13H2,1-4H3. The third-order valence-corrected chi connectivity index (χ3v) is 3.93. The number of rotatable bonds is 3. The van der Waals surface area contributed by atoms with Crippen LogP contribution in [0.25, 0.3) is 0 Å². The molecular formula is C15H31N3O. The van der Waals surface area contributed by atoms with E-state index in [-0.39, 0.29) is 11.2 Å². The summed E-state index contributed by atoms with van der Waals surface area (Å²) in [6, 6.07) is 0. The second kappa shape index (κ2) is 6.08. The van der Waals surface area contributed by atoms with Gasteiger partial charge in [-0.3, -0.25) is 4.90 Å². The van der Waals surface area contributed by atoms with Crippen molar-refractivity contribution in [2.75, 3.05) is 52.4 Å². The Morgan fingerprint density at radius 3 is 2.21 bits per heavy atom. The van der Waals surface area contributed by atoms with Gasteiger partial charge >= 0.3 is 0 Å². The van der Waals surface area contributed by atoms with Crippen LogP contribution in [-0.2, 0) is 4.74 Å². The molecule has 4 heteroatoms. The van der Waals surface area contributed by atoms with Gasteiger partial charge in [0.1, 0.15) is 0 Å². The molecule has 2 saturated heterocycles. The molecular weight excluding hydrogens is 238 g/mol. The molecule has 0 aromatic carbocycles. The first-order valence-corrected chi connectivity index (χ1v) is 7.72. The van der Waals surface area contributed by atoms with Gasteiger partial charge in [0.05, 0.1) is 11.2 Å². The Labute approximate surface area is 118 Å². The minimum absolute atomic E-state index is 0.0257. The van der Waals surface area contributed by atoms with Gasteiger partial charge in [-0.25, -0.2) is 0 Å². The number of hydrogen-bond donors (Lipinski definition) is 1. The molecule has 0 saturated carbocycles. The highest BCUT2D eigenvalue weighted by atomic mass is 16.5. The van der Waals surface area contributed by atoms with E-state index >= 15 is 0 Å². The topological polar surface area (TPSA) is 27.7 Å². The van der Waals surface area contributed by atoms with E-state index < -0.39 is 0 Å². The number of morpholine rings is 1. The van der Waals surface area contributed by atoms with Gasteiger partial charge in [0, 0.05) is 39.3 Å². The lowest BCUT2D eigenvalue weighted by molar-refractivity contribution is -0.180. The summed E-state index contributed by atoms with van der Waals surface area (Å²) in [6.45, 7) is 18.0. The summed E-state index contributed by atoms with van der Waals surface area (Å²) < 4.78 is 6.14. The van der Waals surface area contributed by atoms with E-state index in [2.05, 4.69) is 42.8 Å². The smallest absolute Gasteiger partial charge is 0.0760 e. The van der Waals surface area contributed by atoms with Crippen molar-refractivity contribution >= 4 is 0 Å². The Hall–Kier alpha value is -0.160. The first-order chi connectivity index (χ1) is 8.86. The van der Waals surface area contributed by atoms with E-state index in [1.165, 1.54) is 32.6 Å². The van der Waals surface area contributed by atoms with Crippen LogP contribution in [0.5, 0.6) is 0 Å². The number of ether oxygens (including phenoxy) is 1. The molecule has 1 N–H and O–H groups in total. The van der Waals surface area contributed by atoms with Crippen LogP contribution >= 0.6 is 0 Å². The first kappa shape index (κ1) is 15.2. The first-order valence-electron chi connectivity index (χ1n) is 7.72. The molecule has 2 heterocycles. The molecule has 2 fully saturated rings. The Balaban J connectivity index is 1.81. The molecule has 0 aliphatic carbocycles. The monoisotopic (exact) mass is 269 g/mol. The second-order valence-electron chi connectivity index (χ2n) is 7.28. The molecule has 0 radical (unpaired) electrons. The minimum Gasteiger partial charge on any atom is -0.367 e. The van der Waals surface area contributed by atoms with E-state index in [0.717, 1.165) is 26.2 Å². The summed E-state index contributed by atoms with van der Waals surface area (Å²) in [4.78, 5) is 5.16. The summed E-state index contributed by atoms with van der Waals surface area (Å²) in [5.41, 5.74) is -0.0514. The summed E-state index contributed by atoms with van der Waals surface area (Å²) in [6.07, 6.45) is 1.28. The summed E-state index contributed by atoms with van der Waals surface area (Å²) in [5, 5.41) is 3.47. The van der Waals surface area contributed by atoms with Gasteiger partial charge in [-0.2, -0.15) is 0 Å². The lowest BCUT2D eigenvalue weighted by Gasteiger charge is -2.47. The second-order valence-corrected chi connectivity index (χ2v) is 7.28. The molecule has 2 rings (SSSR count). The predicted octanol–water partition coefficient (Wildman–Crippen LogP) is 1.17. The molecule has 2 aliphatic rings. The summed E-state index contributed by atoms with van der Waals surface area (Å²) in [7, 11) is 0. The zero-order valence-corrected chi connectivity index (χ0v) is 13.2. The lowest BCUT2D eigenvalue weighted by Crippen LogP contribution is -2.58. The number of nitrogens with one attached hydrogen (secondary N) is 1. The van der Waals surface area contributed by atoms with E-state index in [9.17, 15) is 0 Å². The Bertz CT molecular complexity index is 267. The van der Waals surface area contributed by atoms with Crippen LogP contribution in [0.3, 0.4) is 0 Å². The summed E-state index contributed by atoms with van der Waals surface area (Å²) >= 11 is 0. The normalized spacial score (nSPS) is 29.1. The van der Waals surface area contributed by atoms with Crippen molar-refractivity contribution in [3.05, 3.63) is 0 Å². The maximum atomic E-state index is 6.14. The molecule has 0 aromatic rings. The van der Waals surface area contributed by atoms with Gasteiger partial charge in [-0.1, -0.05) is 0 Å². The molecule has 0 unspecified atom stereocenters. The Kier molecular flexibility index (Phi) is 4.88. The molecule has 2 aliphatic heterocycles. The van der Waals surface area contributed by atoms with Crippen LogP contribution in [0.4, 0.5) is 0 Å². The van der Waals surface area contributed by atoms with Crippen molar-refractivity contribution in [3.63, 3.8) is 0 Å². The minimum atomic E-state index is -0.0257. The van der Waals surface area contributed by atoms with Crippen molar-refractivity contribution < 1.29 is 4.74 Å². The van der Waals surface area contributed by atoms with Crippen molar-refractivity contribution in [2.24, 2.45) is 0 Å². The van der Waals surface area contributed by atoms with Crippen LogP contribution in [0.15, 0.2) is 0 Å². The van der Waals surface area contributed by atoms with Crippen molar-refractivity contribution in [3.8, 4) is 0 Å². The lowest BCUT2D eigenvalue weighted by atomic mass is 9.99. The van der Waals surface area contributed by atoms with E-state index in [4.69, 9.17) is 4.74 Å². The zero-order valence-electron chi connectivity index (χ0n) is 13.2. The van der Waals surface area contributed by atoms with Crippen molar-refractivity contribution in [1.29, 1.82) is 0 Å². The zero-order chi connectivity index (χ0) is 13.9. The van der Waals surface area contributed by atoms with Crippen LogP contribution in [0, 0.1) is 0 Å². The highest BCUT2D eigenvalue weighted by Gasteiger charge is 2.37. The molecule has 0 atom stereocenters. The van der Waals surface area contributed by atoms with Gasteiger partial charge in [-0.15, -0.1) is 0 Å². The maximum Gasteiger partial charge on any atom is 0.0760 e. The Morgan fingerprint density at radius 1 is 0.895 bits per heavy atom. The van der Waals surface area contributed by atoms with E-state index in [1.807, 2.05) is 0 Å². The average molecular weight is 269 g/mol.